The predicted octanol–water partition coefficient (Wildman–Crippen LogP) is 5.19. The number of hydrogen-bond donors (Lipinski definition) is 2. The molecule has 36 heavy (non-hydrogen) atoms. The standard InChI is InChI=1S/C26H29ClN6O3/c1-16-31-32-24-23(28-13-5-6-14-29-25(35)36-26(2,3)4)30-20-15-18(9-12-21(20)33(16)24)22(34)17-7-10-19(27)11-8-17/h7-12,15H,5-6,13-14H2,1-4H3,(H,28,30)(H,29,35). The van der Waals surface area contributed by atoms with Gasteiger partial charge in [0.15, 0.2) is 11.6 Å². The fraction of sp³-hybridized carbons (Fsp3) is 0.346. The Morgan fingerprint density at radius 3 is 2.42 bits per heavy atom. The van der Waals surface area contributed by atoms with E-state index in [4.69, 9.17) is 21.3 Å². The molecule has 0 radical (unpaired) electrons. The van der Waals surface area contributed by atoms with Gasteiger partial charge in [0.05, 0.1) is 11.0 Å². The quantitative estimate of drug-likeness (QED) is 0.249. The number of halogens is 1. The van der Waals surface area contributed by atoms with Gasteiger partial charge in [-0.05, 0) is 83.0 Å². The van der Waals surface area contributed by atoms with Crippen molar-refractivity contribution in [1.82, 2.24) is 24.9 Å². The normalized spacial score (nSPS) is 11.6. The maximum Gasteiger partial charge on any atom is 0.407 e. The number of nitrogens with one attached hydrogen (secondary N) is 2. The third-order valence-corrected chi connectivity index (χ3v) is 5.67. The van der Waals surface area contributed by atoms with E-state index in [1.807, 2.05) is 38.2 Å². The van der Waals surface area contributed by atoms with Crippen molar-refractivity contribution in [1.29, 1.82) is 0 Å². The van der Waals surface area contributed by atoms with E-state index < -0.39 is 11.7 Å². The molecule has 1 amide bonds. The fourth-order valence-corrected chi connectivity index (χ4v) is 3.89. The number of rotatable bonds is 8. The zero-order valence-electron chi connectivity index (χ0n) is 20.8. The third-order valence-electron chi connectivity index (χ3n) is 5.42. The average Bonchev–Trinajstić information content (AvgIpc) is 3.21. The van der Waals surface area contributed by atoms with E-state index in [-0.39, 0.29) is 5.78 Å². The number of unbranched alkanes of at least 4 members (excludes halogenated alkanes) is 1. The van der Waals surface area contributed by atoms with E-state index in [1.54, 1.807) is 36.4 Å². The minimum Gasteiger partial charge on any atom is -0.444 e. The first-order valence-electron chi connectivity index (χ1n) is 11.8. The number of fused-ring (bicyclic) bond motifs is 3. The van der Waals surface area contributed by atoms with Crippen LogP contribution in [-0.2, 0) is 4.74 Å². The summed E-state index contributed by atoms with van der Waals surface area (Å²) >= 11 is 5.96. The molecule has 4 aromatic rings. The lowest BCUT2D eigenvalue weighted by Crippen LogP contribution is -2.33. The fourth-order valence-electron chi connectivity index (χ4n) is 3.77. The smallest absolute Gasteiger partial charge is 0.407 e. The first-order valence-corrected chi connectivity index (χ1v) is 12.2. The molecule has 188 valence electrons. The van der Waals surface area contributed by atoms with Crippen LogP contribution in [0.3, 0.4) is 0 Å². The molecule has 2 heterocycles. The SMILES string of the molecule is Cc1nnc2c(NCCCCNC(=O)OC(C)(C)C)nc3cc(C(=O)c4ccc(Cl)cc4)ccc3n12. The van der Waals surface area contributed by atoms with Gasteiger partial charge in [0, 0.05) is 29.2 Å². The van der Waals surface area contributed by atoms with Crippen LogP contribution in [0, 0.1) is 6.92 Å². The summed E-state index contributed by atoms with van der Waals surface area (Å²) in [6.07, 6.45) is 1.14. The van der Waals surface area contributed by atoms with Gasteiger partial charge >= 0.3 is 6.09 Å². The third kappa shape index (κ3) is 5.91. The highest BCUT2D eigenvalue weighted by atomic mass is 35.5. The molecule has 0 saturated heterocycles. The van der Waals surface area contributed by atoms with E-state index in [0.29, 0.717) is 46.2 Å². The zero-order valence-corrected chi connectivity index (χ0v) is 21.5. The van der Waals surface area contributed by atoms with E-state index >= 15 is 0 Å². The molecule has 0 aliphatic rings. The summed E-state index contributed by atoms with van der Waals surface area (Å²) in [6, 6.07) is 12.2. The summed E-state index contributed by atoms with van der Waals surface area (Å²) in [5.41, 5.74) is 2.64. The van der Waals surface area contributed by atoms with Crippen LogP contribution in [0.4, 0.5) is 10.6 Å². The van der Waals surface area contributed by atoms with E-state index in [2.05, 4.69) is 20.8 Å². The van der Waals surface area contributed by atoms with Crippen LogP contribution in [0.15, 0.2) is 42.5 Å². The highest BCUT2D eigenvalue weighted by molar-refractivity contribution is 6.30. The van der Waals surface area contributed by atoms with Gasteiger partial charge in [0.2, 0.25) is 5.65 Å². The number of carbonyl (C=O) groups is 2. The van der Waals surface area contributed by atoms with Gasteiger partial charge in [-0.3, -0.25) is 9.20 Å². The van der Waals surface area contributed by atoms with Crippen molar-refractivity contribution < 1.29 is 14.3 Å². The molecule has 0 fully saturated rings. The van der Waals surface area contributed by atoms with Gasteiger partial charge in [0.1, 0.15) is 11.4 Å². The molecule has 0 saturated carbocycles. The molecule has 2 aromatic heterocycles. The van der Waals surface area contributed by atoms with Gasteiger partial charge in [-0.2, -0.15) is 0 Å². The number of amides is 1. The Morgan fingerprint density at radius 2 is 1.69 bits per heavy atom. The molecule has 10 heteroatoms. The number of carbonyl (C=O) groups excluding carboxylic acids is 2. The van der Waals surface area contributed by atoms with E-state index in [0.717, 1.165) is 24.2 Å². The van der Waals surface area contributed by atoms with Crippen molar-refractivity contribution in [3.05, 3.63) is 64.4 Å². The number of benzene rings is 2. The second-order valence-electron chi connectivity index (χ2n) is 9.47. The van der Waals surface area contributed by atoms with Crippen LogP contribution < -0.4 is 10.6 Å². The Morgan fingerprint density at radius 1 is 1.00 bits per heavy atom. The molecule has 9 nitrogen and oxygen atoms in total. The molecular formula is C26H29ClN6O3. The summed E-state index contributed by atoms with van der Waals surface area (Å²) in [4.78, 5) is 29.5. The van der Waals surface area contributed by atoms with Gasteiger partial charge in [-0.25, -0.2) is 9.78 Å². The topological polar surface area (TPSA) is 111 Å². The van der Waals surface area contributed by atoms with Gasteiger partial charge in [0.25, 0.3) is 0 Å². The van der Waals surface area contributed by atoms with Crippen molar-refractivity contribution >= 4 is 46.0 Å². The summed E-state index contributed by atoms with van der Waals surface area (Å²) < 4.78 is 7.16. The van der Waals surface area contributed by atoms with E-state index in [9.17, 15) is 9.59 Å². The Balaban J connectivity index is 1.48. The Hall–Kier alpha value is -3.72. The molecule has 0 aliphatic carbocycles. The van der Waals surface area contributed by atoms with Crippen molar-refractivity contribution in [2.24, 2.45) is 0 Å². The Kier molecular flexibility index (Phi) is 7.40. The number of ether oxygens (including phenoxy) is 1. The molecule has 2 N–H and O–H groups in total. The summed E-state index contributed by atoms with van der Waals surface area (Å²) in [6.45, 7) is 8.50. The molecular weight excluding hydrogens is 480 g/mol. The van der Waals surface area contributed by atoms with Crippen molar-refractivity contribution in [2.75, 3.05) is 18.4 Å². The van der Waals surface area contributed by atoms with Crippen LogP contribution in [0.2, 0.25) is 5.02 Å². The van der Waals surface area contributed by atoms with Crippen LogP contribution in [0.1, 0.15) is 55.4 Å². The molecule has 0 unspecified atom stereocenters. The largest absolute Gasteiger partial charge is 0.444 e. The van der Waals surface area contributed by atoms with Gasteiger partial charge in [-0.15, -0.1) is 10.2 Å². The molecule has 0 spiro atoms. The average molecular weight is 509 g/mol. The number of alkyl carbamates (subject to hydrolysis) is 1. The monoisotopic (exact) mass is 508 g/mol. The van der Waals surface area contributed by atoms with Gasteiger partial charge < -0.3 is 15.4 Å². The molecule has 0 bridgehead atoms. The Labute approximate surface area is 214 Å². The van der Waals surface area contributed by atoms with Crippen LogP contribution in [0.25, 0.3) is 16.7 Å². The van der Waals surface area contributed by atoms with Crippen molar-refractivity contribution in [2.45, 2.75) is 46.1 Å². The Bertz CT molecular complexity index is 1410. The highest BCUT2D eigenvalue weighted by Gasteiger charge is 2.17. The van der Waals surface area contributed by atoms with Crippen LogP contribution in [-0.4, -0.2) is 50.1 Å². The summed E-state index contributed by atoms with van der Waals surface area (Å²) in [5.74, 6) is 1.20. The second-order valence-corrected chi connectivity index (χ2v) is 9.91. The van der Waals surface area contributed by atoms with Crippen LogP contribution >= 0.6 is 11.6 Å². The molecule has 0 aliphatic heterocycles. The number of ketones is 1. The number of aromatic nitrogens is 4. The summed E-state index contributed by atoms with van der Waals surface area (Å²) in [5, 5.41) is 15.2. The van der Waals surface area contributed by atoms with Crippen molar-refractivity contribution in [3.63, 3.8) is 0 Å². The highest BCUT2D eigenvalue weighted by Crippen LogP contribution is 2.24. The minimum absolute atomic E-state index is 0.108. The lowest BCUT2D eigenvalue weighted by atomic mass is 10.0. The number of hydrogen-bond acceptors (Lipinski definition) is 7. The first-order chi connectivity index (χ1) is 17.1. The number of anilines is 1. The first kappa shape index (κ1) is 25.4. The number of aryl methyl sites for hydroxylation is 1. The maximum absolute atomic E-state index is 13.0. The predicted molar refractivity (Wildman–Crippen MR) is 140 cm³/mol. The second kappa shape index (κ2) is 10.5. The van der Waals surface area contributed by atoms with Crippen molar-refractivity contribution in [3.8, 4) is 0 Å². The minimum atomic E-state index is -0.519. The van der Waals surface area contributed by atoms with Gasteiger partial charge in [-0.1, -0.05) is 11.6 Å². The molecule has 2 aromatic carbocycles. The summed E-state index contributed by atoms with van der Waals surface area (Å²) in [7, 11) is 0. The maximum atomic E-state index is 13.0. The lowest BCUT2D eigenvalue weighted by Gasteiger charge is -2.19. The van der Waals surface area contributed by atoms with E-state index in [1.165, 1.54) is 0 Å². The molecule has 4 rings (SSSR count). The lowest BCUT2D eigenvalue weighted by molar-refractivity contribution is 0.0527. The number of nitrogens with zero attached hydrogens (tertiary/aromatic N) is 4. The molecule has 0 atom stereocenters. The zero-order chi connectivity index (χ0) is 25.9. The van der Waals surface area contributed by atoms with Crippen LogP contribution in [0.5, 0.6) is 0 Å².